The van der Waals surface area contributed by atoms with Crippen molar-refractivity contribution >= 4 is 41.9 Å². The maximum Gasteiger partial charge on any atom is 0.410 e. The largest absolute Gasteiger partial charge is 0.492 e. The van der Waals surface area contributed by atoms with Gasteiger partial charge in [-0.05, 0) is 96.2 Å². The molecule has 15 heteroatoms. The maximum absolute atomic E-state index is 13.7. The lowest BCUT2D eigenvalue weighted by Crippen LogP contribution is -2.50. The van der Waals surface area contributed by atoms with Crippen molar-refractivity contribution in [1.82, 2.24) is 9.21 Å². The van der Waals surface area contributed by atoms with Gasteiger partial charge in [0.25, 0.3) is 0 Å². The van der Waals surface area contributed by atoms with Crippen LogP contribution in [-0.4, -0.2) is 105 Å². The Bertz CT molecular complexity index is 1680. The molecule has 0 unspecified atom stereocenters. The van der Waals surface area contributed by atoms with Gasteiger partial charge < -0.3 is 29.0 Å². The smallest absolute Gasteiger partial charge is 0.410 e. The topological polar surface area (TPSA) is 149 Å². The molecule has 2 aromatic carbocycles. The molecule has 3 fully saturated rings. The fraction of sp³-hybridized carbons (Fsp3) is 0.606. The van der Waals surface area contributed by atoms with Crippen molar-refractivity contribution in [3.63, 3.8) is 0 Å². The molecule has 1 N–H and O–H groups in total. The molecule has 48 heavy (non-hydrogen) atoms. The summed E-state index contributed by atoms with van der Waals surface area (Å²) in [6, 6.07) is 10.7. The number of sulfonamides is 1. The molecule has 0 bridgehead atoms. The van der Waals surface area contributed by atoms with E-state index in [2.05, 4.69) is 15.9 Å². The van der Waals surface area contributed by atoms with Gasteiger partial charge in [0.2, 0.25) is 10.0 Å². The number of carbonyl (C=O) groups is 1. The molecule has 2 aromatic rings. The second-order valence-corrected chi connectivity index (χ2v) is 18.6. The third-order valence-electron chi connectivity index (χ3n) is 8.66. The predicted octanol–water partition coefficient (Wildman–Crippen LogP) is 4.77. The van der Waals surface area contributed by atoms with Crippen molar-refractivity contribution in [2.24, 2.45) is 0 Å². The number of carbonyl (C=O) groups excluding carboxylic acids is 1. The van der Waals surface area contributed by atoms with Crippen LogP contribution in [0, 0.1) is 0 Å². The molecule has 2 saturated heterocycles. The quantitative estimate of drug-likeness (QED) is 0.320. The lowest BCUT2D eigenvalue weighted by Gasteiger charge is -2.38. The first-order valence-electron chi connectivity index (χ1n) is 16.2. The number of hydrogen-bond acceptors (Lipinski definition) is 10. The molecule has 1 spiro atoms. The minimum atomic E-state index is -3.85. The summed E-state index contributed by atoms with van der Waals surface area (Å²) in [6.45, 7) is 7.77. The van der Waals surface area contributed by atoms with E-state index >= 15 is 0 Å². The first-order valence-corrected chi connectivity index (χ1v) is 20.0. The SMILES string of the molecule is CCOc1ccc(Br)cc1S(=O)(=O)N1CCC2(CC1)C[C@H](N(C[C@H](O)COc1cccc(S(=O)(=O)C3CC3)c1)C(=O)OC(C)(C)C)CO2. The van der Waals surface area contributed by atoms with Crippen molar-refractivity contribution < 1.29 is 45.7 Å². The third-order valence-corrected chi connectivity index (χ3v) is 13.3. The fourth-order valence-electron chi connectivity index (χ4n) is 6.08. The predicted molar refractivity (Wildman–Crippen MR) is 181 cm³/mol. The minimum Gasteiger partial charge on any atom is -0.492 e. The number of hydrogen-bond donors (Lipinski definition) is 1. The summed E-state index contributed by atoms with van der Waals surface area (Å²) in [5, 5.41) is 10.7. The van der Waals surface area contributed by atoms with Crippen LogP contribution in [-0.2, 0) is 29.3 Å². The molecule has 266 valence electrons. The highest BCUT2D eigenvalue weighted by molar-refractivity contribution is 9.10. The maximum atomic E-state index is 13.7. The molecule has 1 saturated carbocycles. The second kappa shape index (κ2) is 14.4. The number of piperidine rings is 1. The van der Waals surface area contributed by atoms with Crippen LogP contribution in [0.1, 0.15) is 59.8 Å². The summed E-state index contributed by atoms with van der Waals surface area (Å²) >= 11 is 3.37. The molecule has 0 radical (unpaired) electrons. The summed E-state index contributed by atoms with van der Waals surface area (Å²) in [5.74, 6) is 0.602. The third kappa shape index (κ3) is 8.64. The second-order valence-electron chi connectivity index (χ2n) is 13.6. The van der Waals surface area contributed by atoms with Crippen LogP contribution in [0.3, 0.4) is 0 Å². The molecule has 12 nitrogen and oxygen atoms in total. The molecule has 2 heterocycles. The van der Waals surface area contributed by atoms with E-state index in [4.69, 9.17) is 18.9 Å². The number of sulfone groups is 1. The van der Waals surface area contributed by atoms with Gasteiger partial charge >= 0.3 is 6.09 Å². The Morgan fingerprint density at radius 2 is 1.81 bits per heavy atom. The number of amides is 1. The van der Waals surface area contributed by atoms with Crippen molar-refractivity contribution in [2.75, 3.05) is 39.5 Å². The lowest BCUT2D eigenvalue weighted by atomic mass is 9.88. The van der Waals surface area contributed by atoms with E-state index in [0.29, 0.717) is 54.7 Å². The highest BCUT2D eigenvalue weighted by atomic mass is 79.9. The van der Waals surface area contributed by atoms with Gasteiger partial charge in [-0.1, -0.05) is 22.0 Å². The van der Waals surface area contributed by atoms with Crippen LogP contribution in [0.25, 0.3) is 0 Å². The number of aliphatic hydroxyl groups is 1. The van der Waals surface area contributed by atoms with E-state index in [9.17, 15) is 26.7 Å². The van der Waals surface area contributed by atoms with Crippen LogP contribution in [0.15, 0.2) is 56.7 Å². The van der Waals surface area contributed by atoms with Gasteiger partial charge in [0.1, 0.15) is 34.7 Å². The molecular formula is C33H45BrN2O10S2. The van der Waals surface area contributed by atoms with Crippen molar-refractivity contribution in [3.8, 4) is 11.5 Å². The van der Waals surface area contributed by atoms with Crippen LogP contribution in [0.5, 0.6) is 11.5 Å². The van der Waals surface area contributed by atoms with Crippen molar-refractivity contribution in [3.05, 3.63) is 46.9 Å². The minimum absolute atomic E-state index is 0.100. The number of aliphatic hydroxyl groups excluding tert-OH is 1. The van der Waals surface area contributed by atoms with Crippen LogP contribution in [0.4, 0.5) is 4.79 Å². The molecule has 0 aromatic heterocycles. The fourth-order valence-corrected chi connectivity index (χ4v) is 9.88. The first kappa shape index (κ1) is 36.8. The molecule has 3 aliphatic rings. The van der Waals surface area contributed by atoms with E-state index in [1.54, 1.807) is 58.0 Å². The number of rotatable bonds is 12. The van der Waals surface area contributed by atoms with Gasteiger partial charge in [-0.15, -0.1) is 0 Å². The Balaban J connectivity index is 1.24. The standard InChI is InChI=1S/C33H45BrN2O10S2/c1-5-43-29-12-9-23(34)17-30(29)48(41,42)35-15-13-33(14-16-35)19-24(21-45-33)36(31(38)46-32(2,3)4)20-25(37)22-44-26-7-6-8-28(18-26)47(39,40)27-10-11-27/h6-9,12,17-18,24-25,27,37H,5,10-11,13-16,19-22H2,1-4H3/t24-,25-/m0/s1. The Morgan fingerprint density at radius 1 is 1.10 bits per heavy atom. The van der Waals surface area contributed by atoms with Gasteiger partial charge in [-0.2, -0.15) is 4.31 Å². The monoisotopic (exact) mass is 772 g/mol. The van der Waals surface area contributed by atoms with Crippen molar-refractivity contribution in [1.29, 1.82) is 0 Å². The van der Waals surface area contributed by atoms with E-state index in [1.807, 2.05) is 0 Å². The Morgan fingerprint density at radius 3 is 2.46 bits per heavy atom. The Kier molecular flexibility index (Phi) is 11.1. The Hall–Kier alpha value is -2.43. The first-order chi connectivity index (χ1) is 22.5. The molecule has 2 atom stereocenters. The van der Waals surface area contributed by atoms with Crippen molar-refractivity contribution in [2.45, 2.75) is 98.2 Å². The average Bonchev–Trinajstić information content (AvgIpc) is 3.82. The number of ether oxygens (including phenoxy) is 4. The van der Waals surface area contributed by atoms with E-state index in [0.717, 1.165) is 0 Å². The van der Waals surface area contributed by atoms with Gasteiger partial charge in [0.05, 0.1) is 41.5 Å². The normalized spacial score (nSPS) is 20.8. The van der Waals surface area contributed by atoms with Gasteiger partial charge in [-0.3, -0.25) is 0 Å². The highest BCUT2D eigenvalue weighted by Gasteiger charge is 2.48. The molecule has 2 aliphatic heterocycles. The van der Waals surface area contributed by atoms with Gasteiger partial charge in [-0.25, -0.2) is 21.6 Å². The van der Waals surface area contributed by atoms with Gasteiger partial charge in [0, 0.05) is 17.6 Å². The highest BCUT2D eigenvalue weighted by Crippen LogP contribution is 2.40. The molecular weight excluding hydrogens is 728 g/mol. The summed E-state index contributed by atoms with van der Waals surface area (Å²) in [6.07, 6.45) is 0.866. The van der Waals surface area contributed by atoms with Crippen LogP contribution in [0.2, 0.25) is 0 Å². The summed E-state index contributed by atoms with van der Waals surface area (Å²) in [4.78, 5) is 15.2. The van der Waals surface area contributed by atoms with Gasteiger partial charge in [0.15, 0.2) is 9.84 Å². The average molecular weight is 774 g/mol. The summed E-state index contributed by atoms with van der Waals surface area (Å²) in [5.41, 5.74) is -1.43. The van der Waals surface area contributed by atoms with Crippen LogP contribution < -0.4 is 9.47 Å². The lowest BCUT2D eigenvalue weighted by molar-refractivity contribution is -0.0329. The molecule has 5 rings (SSSR count). The zero-order valence-corrected chi connectivity index (χ0v) is 31.0. The van der Waals surface area contributed by atoms with E-state index < -0.39 is 49.3 Å². The molecule has 1 amide bonds. The molecule has 1 aliphatic carbocycles. The number of benzene rings is 2. The zero-order valence-electron chi connectivity index (χ0n) is 27.8. The Labute approximate surface area is 291 Å². The zero-order chi connectivity index (χ0) is 34.9. The summed E-state index contributed by atoms with van der Waals surface area (Å²) in [7, 11) is -7.25. The number of nitrogens with zero attached hydrogens (tertiary/aromatic N) is 2. The van der Waals surface area contributed by atoms with E-state index in [1.165, 1.54) is 21.3 Å². The summed E-state index contributed by atoms with van der Waals surface area (Å²) < 4.78 is 78.1. The van der Waals surface area contributed by atoms with E-state index in [-0.39, 0.29) is 47.9 Å². The number of halogens is 1. The van der Waals surface area contributed by atoms with Crippen LogP contribution >= 0.6 is 15.9 Å².